The minimum atomic E-state index is -2.71. The van der Waals surface area contributed by atoms with E-state index in [2.05, 4.69) is 11.8 Å². The SMILES string of the molecule is CCN1C[C@@H]2CCS(=O)(=O)[C@@H]2C1. The predicted octanol–water partition coefficient (Wildman–Crippen LogP) is 0.125. The fraction of sp³-hybridized carbons (Fsp3) is 1.00. The summed E-state index contributed by atoms with van der Waals surface area (Å²) in [6.07, 6.45) is 0.892. The number of hydrogen-bond donors (Lipinski definition) is 0. The quantitative estimate of drug-likeness (QED) is 0.588. The number of fused-ring (bicyclic) bond motifs is 1. The van der Waals surface area contributed by atoms with E-state index in [4.69, 9.17) is 0 Å². The minimum Gasteiger partial charge on any atom is -0.302 e. The summed E-state index contributed by atoms with van der Waals surface area (Å²) in [6.45, 7) is 4.86. The Morgan fingerprint density at radius 3 is 2.75 bits per heavy atom. The summed E-state index contributed by atoms with van der Waals surface area (Å²) in [5.41, 5.74) is 0. The fourth-order valence-electron chi connectivity index (χ4n) is 2.34. The lowest BCUT2D eigenvalue weighted by Gasteiger charge is -2.12. The van der Waals surface area contributed by atoms with Gasteiger partial charge in [0.05, 0.1) is 11.0 Å². The zero-order valence-corrected chi connectivity index (χ0v) is 8.18. The van der Waals surface area contributed by atoms with Crippen LogP contribution in [0, 0.1) is 5.92 Å². The van der Waals surface area contributed by atoms with Crippen molar-refractivity contribution in [2.24, 2.45) is 5.92 Å². The Kier molecular flexibility index (Phi) is 1.92. The Labute approximate surface area is 73.7 Å². The van der Waals surface area contributed by atoms with Crippen LogP contribution in [0.25, 0.3) is 0 Å². The lowest BCUT2D eigenvalue weighted by molar-refractivity contribution is 0.339. The summed E-state index contributed by atoms with van der Waals surface area (Å²) in [7, 11) is -2.71. The van der Waals surface area contributed by atoms with Gasteiger partial charge < -0.3 is 4.90 Å². The van der Waals surface area contributed by atoms with Gasteiger partial charge in [0.15, 0.2) is 9.84 Å². The summed E-state index contributed by atoms with van der Waals surface area (Å²) in [5.74, 6) is 0.870. The van der Waals surface area contributed by atoms with Crippen LogP contribution >= 0.6 is 0 Å². The van der Waals surface area contributed by atoms with Crippen molar-refractivity contribution in [3.05, 3.63) is 0 Å². The molecule has 2 rings (SSSR count). The first kappa shape index (κ1) is 8.51. The van der Waals surface area contributed by atoms with Crippen molar-refractivity contribution in [3.63, 3.8) is 0 Å². The summed E-state index contributed by atoms with van der Waals surface area (Å²) in [6, 6.07) is 0. The lowest BCUT2D eigenvalue weighted by atomic mass is 10.1. The summed E-state index contributed by atoms with van der Waals surface area (Å²) < 4.78 is 23.0. The van der Waals surface area contributed by atoms with E-state index in [1.807, 2.05) is 0 Å². The zero-order chi connectivity index (χ0) is 8.77. The highest BCUT2D eigenvalue weighted by Gasteiger charge is 2.45. The first-order valence-corrected chi connectivity index (χ1v) is 6.29. The number of likely N-dealkylation sites (tertiary alicyclic amines) is 1. The van der Waals surface area contributed by atoms with Gasteiger partial charge in [0, 0.05) is 13.1 Å². The molecule has 2 saturated heterocycles. The van der Waals surface area contributed by atoms with Gasteiger partial charge in [-0.3, -0.25) is 0 Å². The minimum absolute atomic E-state index is 0.0301. The first-order chi connectivity index (χ1) is 5.63. The second kappa shape index (κ2) is 2.70. The van der Waals surface area contributed by atoms with E-state index >= 15 is 0 Å². The van der Waals surface area contributed by atoms with E-state index in [1.165, 1.54) is 0 Å². The van der Waals surface area contributed by atoms with E-state index in [9.17, 15) is 8.42 Å². The second-order valence-corrected chi connectivity index (χ2v) is 6.15. The third-order valence-electron chi connectivity index (χ3n) is 3.14. The van der Waals surface area contributed by atoms with Crippen LogP contribution in [0.15, 0.2) is 0 Å². The van der Waals surface area contributed by atoms with Gasteiger partial charge in [-0.1, -0.05) is 6.92 Å². The van der Waals surface area contributed by atoms with Gasteiger partial charge in [-0.2, -0.15) is 0 Å². The maximum Gasteiger partial charge on any atom is 0.154 e. The van der Waals surface area contributed by atoms with E-state index in [-0.39, 0.29) is 5.25 Å². The van der Waals surface area contributed by atoms with Gasteiger partial charge >= 0.3 is 0 Å². The van der Waals surface area contributed by atoms with Gasteiger partial charge in [0.25, 0.3) is 0 Å². The molecule has 4 heteroatoms. The highest BCUT2D eigenvalue weighted by Crippen LogP contribution is 2.33. The van der Waals surface area contributed by atoms with Gasteiger partial charge in [0.2, 0.25) is 0 Å². The Morgan fingerprint density at radius 1 is 1.42 bits per heavy atom. The molecule has 12 heavy (non-hydrogen) atoms. The van der Waals surface area contributed by atoms with Crippen LogP contribution in [0.5, 0.6) is 0 Å². The zero-order valence-electron chi connectivity index (χ0n) is 7.36. The Morgan fingerprint density at radius 2 is 2.17 bits per heavy atom. The molecule has 0 radical (unpaired) electrons. The normalized spacial score (nSPS) is 40.1. The molecule has 0 bridgehead atoms. The topological polar surface area (TPSA) is 37.4 Å². The van der Waals surface area contributed by atoms with Gasteiger partial charge in [-0.25, -0.2) is 8.42 Å². The predicted molar refractivity (Wildman–Crippen MR) is 47.8 cm³/mol. The van der Waals surface area contributed by atoms with Gasteiger partial charge in [-0.05, 0) is 18.9 Å². The largest absolute Gasteiger partial charge is 0.302 e. The van der Waals surface area contributed by atoms with Crippen LogP contribution < -0.4 is 0 Å². The Hall–Kier alpha value is -0.0900. The van der Waals surface area contributed by atoms with Crippen molar-refractivity contribution in [1.29, 1.82) is 0 Å². The van der Waals surface area contributed by atoms with Crippen LogP contribution in [0.1, 0.15) is 13.3 Å². The van der Waals surface area contributed by atoms with Crippen LogP contribution in [-0.2, 0) is 9.84 Å². The molecule has 0 aromatic rings. The summed E-state index contributed by atoms with van der Waals surface area (Å²) in [4.78, 5) is 2.24. The van der Waals surface area contributed by atoms with Crippen molar-refractivity contribution in [1.82, 2.24) is 4.90 Å². The Balaban J connectivity index is 2.17. The molecule has 2 fully saturated rings. The smallest absolute Gasteiger partial charge is 0.154 e. The van der Waals surface area contributed by atoms with Crippen molar-refractivity contribution < 1.29 is 8.42 Å². The van der Waals surface area contributed by atoms with E-state index in [0.717, 1.165) is 26.1 Å². The van der Waals surface area contributed by atoms with Crippen molar-refractivity contribution in [2.45, 2.75) is 18.6 Å². The molecule has 0 N–H and O–H groups in total. The van der Waals surface area contributed by atoms with Crippen molar-refractivity contribution in [3.8, 4) is 0 Å². The first-order valence-electron chi connectivity index (χ1n) is 4.57. The molecule has 0 unspecified atom stereocenters. The third kappa shape index (κ3) is 1.17. The molecular formula is C8H15NO2S. The molecule has 70 valence electrons. The van der Waals surface area contributed by atoms with Crippen LogP contribution in [0.4, 0.5) is 0 Å². The Bertz CT molecular complexity index is 273. The molecule has 2 atom stereocenters. The molecule has 0 amide bonds. The molecule has 2 heterocycles. The molecule has 2 aliphatic heterocycles. The number of nitrogens with zero attached hydrogens (tertiary/aromatic N) is 1. The van der Waals surface area contributed by atoms with E-state index in [1.54, 1.807) is 0 Å². The van der Waals surface area contributed by atoms with Crippen molar-refractivity contribution in [2.75, 3.05) is 25.4 Å². The fourth-order valence-corrected chi connectivity index (χ4v) is 4.52. The third-order valence-corrected chi connectivity index (χ3v) is 5.40. The van der Waals surface area contributed by atoms with E-state index < -0.39 is 9.84 Å². The molecule has 0 saturated carbocycles. The highest BCUT2D eigenvalue weighted by molar-refractivity contribution is 7.92. The van der Waals surface area contributed by atoms with E-state index in [0.29, 0.717) is 11.7 Å². The van der Waals surface area contributed by atoms with Crippen LogP contribution in [-0.4, -0.2) is 44.0 Å². The summed E-state index contributed by atoms with van der Waals surface area (Å²) >= 11 is 0. The van der Waals surface area contributed by atoms with Crippen LogP contribution in [0.3, 0.4) is 0 Å². The maximum atomic E-state index is 11.5. The number of hydrogen-bond acceptors (Lipinski definition) is 3. The van der Waals surface area contributed by atoms with Gasteiger partial charge in [-0.15, -0.1) is 0 Å². The molecule has 2 aliphatic rings. The lowest BCUT2D eigenvalue weighted by Crippen LogP contribution is -2.26. The number of sulfone groups is 1. The average molecular weight is 189 g/mol. The van der Waals surface area contributed by atoms with Crippen LogP contribution in [0.2, 0.25) is 0 Å². The second-order valence-electron chi connectivity index (χ2n) is 3.81. The molecule has 0 aromatic heterocycles. The maximum absolute atomic E-state index is 11.5. The van der Waals surface area contributed by atoms with Crippen molar-refractivity contribution >= 4 is 9.84 Å². The summed E-state index contributed by atoms with van der Waals surface area (Å²) in [5, 5.41) is -0.0301. The molecule has 0 aromatic carbocycles. The average Bonchev–Trinajstić information content (AvgIpc) is 2.53. The van der Waals surface area contributed by atoms with Gasteiger partial charge in [0.1, 0.15) is 0 Å². The molecular weight excluding hydrogens is 174 g/mol. The highest BCUT2D eigenvalue weighted by atomic mass is 32.2. The molecule has 0 aliphatic carbocycles. The standard InChI is InChI=1S/C8H15NO2S/c1-2-9-5-7-3-4-12(10,11)8(7)6-9/h7-8H,2-6H2,1H3/t7-,8+/m0/s1. The monoisotopic (exact) mass is 189 g/mol. The number of rotatable bonds is 1. The molecule has 3 nitrogen and oxygen atoms in total. The molecule has 0 spiro atoms.